The fraction of sp³-hybridized carbons (Fsp3) is 0.417. The van der Waals surface area contributed by atoms with Gasteiger partial charge in [0.05, 0.1) is 6.67 Å². The number of hydrogen-bond acceptors (Lipinski definition) is 3. The third kappa shape index (κ3) is 3.05. The summed E-state index contributed by atoms with van der Waals surface area (Å²) in [4.78, 5) is 13.8. The van der Waals surface area contributed by atoms with Crippen molar-refractivity contribution in [2.45, 2.75) is 13.5 Å². The molecular formula is C12H19N3O. The van der Waals surface area contributed by atoms with Gasteiger partial charge in [-0.15, -0.1) is 0 Å². The second-order valence-corrected chi connectivity index (χ2v) is 3.57. The molecule has 1 aromatic rings. The van der Waals surface area contributed by atoms with Gasteiger partial charge in [0.15, 0.2) is 0 Å². The van der Waals surface area contributed by atoms with Crippen LogP contribution in [0.15, 0.2) is 24.3 Å². The number of nitrogens with one attached hydrogen (secondary N) is 1. The molecule has 1 rings (SSSR count). The van der Waals surface area contributed by atoms with Crippen LogP contribution >= 0.6 is 0 Å². The molecule has 0 bridgehead atoms. The quantitative estimate of drug-likeness (QED) is 0.723. The molecule has 0 heterocycles. The first-order chi connectivity index (χ1) is 7.72. The van der Waals surface area contributed by atoms with Crippen LogP contribution in [0.2, 0.25) is 0 Å². The second-order valence-electron chi connectivity index (χ2n) is 3.57. The highest BCUT2D eigenvalue weighted by Crippen LogP contribution is 2.07. The predicted molar refractivity (Wildman–Crippen MR) is 65.0 cm³/mol. The fourth-order valence-corrected chi connectivity index (χ4v) is 1.48. The van der Waals surface area contributed by atoms with Crippen molar-refractivity contribution in [1.82, 2.24) is 10.2 Å². The van der Waals surface area contributed by atoms with Crippen LogP contribution in [0.25, 0.3) is 0 Å². The lowest BCUT2D eigenvalue weighted by Gasteiger charge is -2.20. The molecule has 0 aliphatic carbocycles. The molecule has 88 valence electrons. The Morgan fingerprint density at radius 1 is 1.38 bits per heavy atom. The van der Waals surface area contributed by atoms with Crippen LogP contribution in [0.5, 0.6) is 0 Å². The Bertz CT molecular complexity index is 335. The van der Waals surface area contributed by atoms with Gasteiger partial charge >= 0.3 is 0 Å². The van der Waals surface area contributed by atoms with E-state index in [0.717, 1.165) is 5.56 Å². The number of carbonyl (C=O) groups is 1. The zero-order valence-electron chi connectivity index (χ0n) is 9.86. The van der Waals surface area contributed by atoms with Gasteiger partial charge in [-0.2, -0.15) is 0 Å². The molecular weight excluding hydrogens is 202 g/mol. The topological polar surface area (TPSA) is 58.4 Å². The summed E-state index contributed by atoms with van der Waals surface area (Å²) in [5, 5.41) is 2.98. The lowest BCUT2D eigenvalue weighted by atomic mass is 10.1. The van der Waals surface area contributed by atoms with Crippen LogP contribution in [0, 0.1) is 0 Å². The highest BCUT2D eigenvalue weighted by Gasteiger charge is 2.12. The van der Waals surface area contributed by atoms with Crippen molar-refractivity contribution >= 4 is 5.91 Å². The molecule has 0 aliphatic rings. The van der Waals surface area contributed by atoms with Crippen molar-refractivity contribution < 1.29 is 4.79 Å². The Balaban J connectivity index is 2.78. The van der Waals surface area contributed by atoms with Crippen LogP contribution < -0.4 is 11.1 Å². The molecule has 0 radical (unpaired) electrons. The summed E-state index contributed by atoms with van der Waals surface area (Å²) in [5.41, 5.74) is 7.24. The monoisotopic (exact) mass is 221 g/mol. The molecule has 0 fully saturated rings. The molecule has 1 amide bonds. The average Bonchev–Trinajstić information content (AvgIpc) is 2.35. The highest BCUT2D eigenvalue weighted by molar-refractivity contribution is 5.94. The molecule has 0 aliphatic heterocycles. The summed E-state index contributed by atoms with van der Waals surface area (Å²) in [6.45, 7) is 3.72. The predicted octanol–water partition coefficient (Wildman–Crippen LogP) is 0.784. The molecule has 0 unspecified atom stereocenters. The van der Waals surface area contributed by atoms with E-state index in [2.05, 4.69) is 5.32 Å². The number of carbonyl (C=O) groups excluding carboxylic acids is 1. The summed E-state index contributed by atoms with van der Waals surface area (Å²) in [6.07, 6.45) is 0. The van der Waals surface area contributed by atoms with E-state index in [1.54, 1.807) is 4.90 Å². The van der Waals surface area contributed by atoms with Gasteiger partial charge in [0.2, 0.25) is 0 Å². The number of nitrogens with zero attached hydrogens (tertiary/aromatic N) is 1. The maximum atomic E-state index is 12.0. The Labute approximate surface area is 96.4 Å². The van der Waals surface area contributed by atoms with Crippen LogP contribution in [-0.4, -0.2) is 31.1 Å². The minimum atomic E-state index is 0.0421. The van der Waals surface area contributed by atoms with Crippen molar-refractivity contribution in [3.63, 3.8) is 0 Å². The van der Waals surface area contributed by atoms with Crippen molar-refractivity contribution in [1.29, 1.82) is 0 Å². The van der Waals surface area contributed by atoms with E-state index >= 15 is 0 Å². The number of rotatable bonds is 5. The number of benzene rings is 1. The van der Waals surface area contributed by atoms with Crippen molar-refractivity contribution in [3.05, 3.63) is 35.4 Å². The number of nitrogens with two attached hydrogens (primary N) is 1. The Kier molecular flexibility index (Phi) is 4.95. The van der Waals surface area contributed by atoms with E-state index in [-0.39, 0.29) is 5.91 Å². The lowest BCUT2D eigenvalue weighted by molar-refractivity contribution is 0.0755. The van der Waals surface area contributed by atoms with E-state index in [4.69, 9.17) is 5.73 Å². The van der Waals surface area contributed by atoms with E-state index < -0.39 is 0 Å². The highest BCUT2D eigenvalue weighted by atomic mass is 16.2. The second kappa shape index (κ2) is 6.25. The van der Waals surface area contributed by atoms with Crippen LogP contribution in [-0.2, 0) is 6.54 Å². The third-order valence-corrected chi connectivity index (χ3v) is 2.45. The van der Waals surface area contributed by atoms with Gasteiger partial charge in [-0.25, -0.2) is 0 Å². The normalized spacial score (nSPS) is 10.2. The molecule has 4 heteroatoms. The van der Waals surface area contributed by atoms with Gasteiger partial charge in [-0.3, -0.25) is 4.79 Å². The van der Waals surface area contributed by atoms with E-state index in [9.17, 15) is 4.79 Å². The van der Waals surface area contributed by atoms with Gasteiger partial charge in [0, 0.05) is 18.7 Å². The minimum Gasteiger partial charge on any atom is -0.326 e. The largest absolute Gasteiger partial charge is 0.326 e. The summed E-state index contributed by atoms with van der Waals surface area (Å²) < 4.78 is 0. The minimum absolute atomic E-state index is 0.0421. The number of hydrogen-bond donors (Lipinski definition) is 2. The van der Waals surface area contributed by atoms with E-state index in [1.807, 2.05) is 38.2 Å². The van der Waals surface area contributed by atoms with Gasteiger partial charge in [0.1, 0.15) is 0 Å². The maximum Gasteiger partial charge on any atom is 0.254 e. The standard InChI is InChI=1S/C12H19N3O/c1-3-15(9-14-2)12(16)11-6-4-10(8-13)5-7-11/h4-7,14H,3,8-9,13H2,1-2H3. The molecule has 0 saturated carbocycles. The van der Waals surface area contributed by atoms with Crippen LogP contribution in [0.3, 0.4) is 0 Å². The first kappa shape index (κ1) is 12.7. The Morgan fingerprint density at radius 3 is 2.44 bits per heavy atom. The first-order valence-corrected chi connectivity index (χ1v) is 5.45. The molecule has 1 aromatic carbocycles. The average molecular weight is 221 g/mol. The fourth-order valence-electron chi connectivity index (χ4n) is 1.48. The molecule has 0 spiro atoms. The zero-order chi connectivity index (χ0) is 12.0. The van der Waals surface area contributed by atoms with Gasteiger partial charge in [0.25, 0.3) is 5.91 Å². The molecule has 0 aromatic heterocycles. The summed E-state index contributed by atoms with van der Waals surface area (Å²) in [7, 11) is 1.83. The van der Waals surface area contributed by atoms with Crippen molar-refractivity contribution in [2.75, 3.05) is 20.3 Å². The molecule has 0 saturated heterocycles. The van der Waals surface area contributed by atoms with E-state index in [0.29, 0.717) is 25.3 Å². The Hall–Kier alpha value is -1.39. The molecule has 0 atom stereocenters. The van der Waals surface area contributed by atoms with Crippen LogP contribution in [0.1, 0.15) is 22.8 Å². The zero-order valence-corrected chi connectivity index (χ0v) is 9.86. The van der Waals surface area contributed by atoms with Gasteiger partial charge < -0.3 is 16.0 Å². The molecule has 16 heavy (non-hydrogen) atoms. The van der Waals surface area contributed by atoms with E-state index in [1.165, 1.54) is 0 Å². The van der Waals surface area contributed by atoms with Gasteiger partial charge in [-0.05, 0) is 31.7 Å². The van der Waals surface area contributed by atoms with Crippen LogP contribution in [0.4, 0.5) is 0 Å². The number of amides is 1. The Morgan fingerprint density at radius 2 is 2.00 bits per heavy atom. The summed E-state index contributed by atoms with van der Waals surface area (Å²) >= 11 is 0. The SMILES string of the molecule is CCN(CNC)C(=O)c1ccc(CN)cc1. The third-order valence-electron chi connectivity index (χ3n) is 2.45. The van der Waals surface area contributed by atoms with Gasteiger partial charge in [-0.1, -0.05) is 12.1 Å². The van der Waals surface area contributed by atoms with Crippen molar-refractivity contribution in [2.24, 2.45) is 5.73 Å². The maximum absolute atomic E-state index is 12.0. The molecule has 3 N–H and O–H groups in total. The summed E-state index contributed by atoms with van der Waals surface area (Å²) in [6, 6.07) is 7.42. The lowest BCUT2D eigenvalue weighted by Crippen LogP contribution is -2.37. The first-order valence-electron chi connectivity index (χ1n) is 5.45. The molecule has 4 nitrogen and oxygen atoms in total. The smallest absolute Gasteiger partial charge is 0.254 e. The summed E-state index contributed by atoms with van der Waals surface area (Å²) in [5.74, 6) is 0.0421. The van der Waals surface area contributed by atoms with Crippen molar-refractivity contribution in [3.8, 4) is 0 Å².